The van der Waals surface area contributed by atoms with Crippen molar-refractivity contribution in [2.24, 2.45) is 0 Å². The molecule has 0 unspecified atom stereocenters. The Balaban J connectivity index is 1.61. The third kappa shape index (κ3) is 3.28. The minimum Gasteiger partial charge on any atom is -0.320 e. The Bertz CT molecular complexity index is 1110. The number of carbonyl (C=O) groups excluding carboxylic acids is 1. The van der Waals surface area contributed by atoms with E-state index in [1.165, 1.54) is 16.9 Å². The van der Waals surface area contributed by atoms with Crippen LogP contribution < -0.4 is 9.62 Å². The molecule has 0 saturated heterocycles. The zero-order chi connectivity index (χ0) is 19.0. The van der Waals surface area contributed by atoms with Gasteiger partial charge in [0.15, 0.2) is 0 Å². The average molecular weight is 383 g/mol. The number of carbonyl (C=O) groups is 1. The van der Waals surface area contributed by atoms with Crippen LogP contribution in [0.2, 0.25) is 0 Å². The second kappa shape index (κ2) is 6.51. The van der Waals surface area contributed by atoms with Crippen molar-refractivity contribution in [3.63, 3.8) is 0 Å². The van der Waals surface area contributed by atoms with Crippen molar-refractivity contribution in [3.05, 3.63) is 66.2 Å². The highest BCUT2D eigenvalue weighted by Crippen LogP contribution is 2.31. The maximum atomic E-state index is 12.7. The van der Waals surface area contributed by atoms with E-state index in [2.05, 4.69) is 15.4 Å². The van der Waals surface area contributed by atoms with Crippen molar-refractivity contribution in [1.82, 2.24) is 14.8 Å². The number of para-hydroxylation sites is 2. The topological polar surface area (TPSA) is 97.2 Å². The predicted molar refractivity (Wildman–Crippen MR) is 102 cm³/mol. The lowest BCUT2D eigenvalue weighted by Gasteiger charge is -2.16. The van der Waals surface area contributed by atoms with E-state index in [0.29, 0.717) is 35.6 Å². The van der Waals surface area contributed by atoms with Crippen molar-refractivity contribution in [2.45, 2.75) is 6.42 Å². The molecule has 0 saturated carbocycles. The lowest BCUT2D eigenvalue weighted by Crippen LogP contribution is -2.27. The molecule has 0 radical (unpaired) electrons. The Hall–Kier alpha value is -3.20. The molecule has 27 heavy (non-hydrogen) atoms. The van der Waals surface area contributed by atoms with E-state index in [1.807, 2.05) is 18.2 Å². The van der Waals surface area contributed by atoms with Gasteiger partial charge < -0.3 is 5.32 Å². The number of sulfonamides is 1. The number of nitrogens with zero attached hydrogens (tertiary/aromatic N) is 4. The first-order chi connectivity index (χ1) is 12.9. The van der Waals surface area contributed by atoms with Crippen LogP contribution in [-0.4, -0.2) is 41.9 Å². The summed E-state index contributed by atoms with van der Waals surface area (Å²) in [5.41, 5.74) is 3.26. The van der Waals surface area contributed by atoms with Crippen molar-refractivity contribution < 1.29 is 13.2 Å². The molecular formula is C18H17N5O3S. The Labute approximate surface area is 156 Å². The summed E-state index contributed by atoms with van der Waals surface area (Å²) in [7, 11) is -3.31. The standard InChI is InChI=1S/C18H17N5O3S/c1-27(25,26)23-9-8-13-10-14(6-7-16(13)23)18(24)21-15-4-2-3-5-17(15)22-12-19-11-20-22/h2-7,10-12H,8-9H2,1H3,(H,21,24). The van der Waals surface area contributed by atoms with Gasteiger partial charge in [-0.3, -0.25) is 9.10 Å². The highest BCUT2D eigenvalue weighted by molar-refractivity contribution is 7.92. The largest absolute Gasteiger partial charge is 0.320 e. The second-order valence-corrected chi connectivity index (χ2v) is 8.15. The minimum atomic E-state index is -3.31. The van der Waals surface area contributed by atoms with Gasteiger partial charge in [0.05, 0.1) is 23.3 Å². The zero-order valence-corrected chi connectivity index (χ0v) is 15.3. The number of hydrogen-bond acceptors (Lipinski definition) is 5. The van der Waals surface area contributed by atoms with Crippen LogP contribution in [0, 0.1) is 0 Å². The highest BCUT2D eigenvalue weighted by Gasteiger charge is 2.26. The third-order valence-corrected chi connectivity index (χ3v) is 5.59. The molecule has 1 aromatic heterocycles. The van der Waals surface area contributed by atoms with Gasteiger partial charge in [-0.15, -0.1) is 0 Å². The summed E-state index contributed by atoms with van der Waals surface area (Å²) in [4.78, 5) is 16.7. The molecule has 1 amide bonds. The van der Waals surface area contributed by atoms with Gasteiger partial charge in [-0.05, 0) is 42.3 Å². The lowest BCUT2D eigenvalue weighted by atomic mass is 10.1. The maximum absolute atomic E-state index is 12.7. The number of nitrogens with one attached hydrogen (secondary N) is 1. The molecule has 2 aromatic carbocycles. The van der Waals surface area contributed by atoms with Crippen LogP contribution in [0.25, 0.3) is 5.69 Å². The number of hydrogen-bond donors (Lipinski definition) is 1. The van der Waals surface area contributed by atoms with Crippen LogP contribution >= 0.6 is 0 Å². The van der Waals surface area contributed by atoms with Gasteiger partial charge in [0.25, 0.3) is 5.91 Å². The monoisotopic (exact) mass is 383 g/mol. The van der Waals surface area contributed by atoms with Gasteiger partial charge in [-0.25, -0.2) is 18.1 Å². The molecule has 4 rings (SSSR count). The molecule has 0 spiro atoms. The highest BCUT2D eigenvalue weighted by atomic mass is 32.2. The second-order valence-electron chi connectivity index (χ2n) is 6.24. The van der Waals surface area contributed by atoms with Crippen LogP contribution in [0.1, 0.15) is 15.9 Å². The average Bonchev–Trinajstić information content (AvgIpc) is 3.31. The number of fused-ring (bicyclic) bond motifs is 1. The SMILES string of the molecule is CS(=O)(=O)N1CCc2cc(C(=O)Nc3ccccc3-n3cncn3)ccc21. The summed E-state index contributed by atoms with van der Waals surface area (Å²) < 4.78 is 26.6. The predicted octanol–water partition coefficient (Wildman–Crippen LogP) is 1.84. The quantitative estimate of drug-likeness (QED) is 0.741. The summed E-state index contributed by atoms with van der Waals surface area (Å²) in [6.45, 7) is 0.397. The van der Waals surface area contributed by atoms with Crippen molar-refractivity contribution in [1.29, 1.82) is 0 Å². The molecule has 2 heterocycles. The van der Waals surface area contributed by atoms with Crippen LogP contribution in [-0.2, 0) is 16.4 Å². The number of aromatic nitrogens is 3. The summed E-state index contributed by atoms with van der Waals surface area (Å²) in [5.74, 6) is -0.275. The number of amides is 1. The zero-order valence-electron chi connectivity index (χ0n) is 14.5. The smallest absolute Gasteiger partial charge is 0.255 e. The van der Waals surface area contributed by atoms with E-state index in [0.717, 1.165) is 5.56 Å². The van der Waals surface area contributed by atoms with Crippen molar-refractivity contribution >= 4 is 27.3 Å². The van der Waals surface area contributed by atoms with E-state index >= 15 is 0 Å². The van der Waals surface area contributed by atoms with E-state index in [1.54, 1.807) is 35.3 Å². The first kappa shape index (κ1) is 17.2. The van der Waals surface area contributed by atoms with Gasteiger partial charge in [0.2, 0.25) is 10.0 Å². The Morgan fingerprint density at radius 1 is 1.15 bits per heavy atom. The van der Waals surface area contributed by atoms with E-state index in [4.69, 9.17) is 0 Å². The Morgan fingerprint density at radius 2 is 1.96 bits per heavy atom. The van der Waals surface area contributed by atoms with Crippen LogP contribution in [0.4, 0.5) is 11.4 Å². The number of rotatable bonds is 4. The molecule has 0 aliphatic carbocycles. The first-order valence-electron chi connectivity index (χ1n) is 8.29. The summed E-state index contributed by atoms with van der Waals surface area (Å²) in [5, 5.41) is 6.99. The van der Waals surface area contributed by atoms with Gasteiger partial charge in [-0.1, -0.05) is 12.1 Å². The van der Waals surface area contributed by atoms with Crippen LogP contribution in [0.15, 0.2) is 55.1 Å². The number of anilines is 2. The van der Waals surface area contributed by atoms with E-state index < -0.39 is 10.0 Å². The van der Waals surface area contributed by atoms with Gasteiger partial charge in [-0.2, -0.15) is 5.10 Å². The molecule has 8 nitrogen and oxygen atoms in total. The molecule has 1 N–H and O–H groups in total. The molecule has 3 aromatic rings. The van der Waals surface area contributed by atoms with Gasteiger partial charge in [0.1, 0.15) is 12.7 Å². The fourth-order valence-electron chi connectivity index (χ4n) is 3.16. The van der Waals surface area contributed by atoms with Gasteiger partial charge >= 0.3 is 0 Å². The Morgan fingerprint density at radius 3 is 2.70 bits per heavy atom. The van der Waals surface area contributed by atoms with Crippen molar-refractivity contribution in [3.8, 4) is 5.69 Å². The van der Waals surface area contributed by atoms with E-state index in [-0.39, 0.29) is 5.91 Å². The fourth-order valence-corrected chi connectivity index (χ4v) is 4.12. The lowest BCUT2D eigenvalue weighted by molar-refractivity contribution is 0.102. The first-order valence-corrected chi connectivity index (χ1v) is 10.1. The molecule has 0 fully saturated rings. The summed E-state index contributed by atoms with van der Waals surface area (Å²) >= 11 is 0. The van der Waals surface area contributed by atoms with Gasteiger partial charge in [0, 0.05) is 12.1 Å². The normalized spacial score (nSPS) is 13.4. The fraction of sp³-hybridized carbons (Fsp3) is 0.167. The molecule has 138 valence electrons. The molecule has 1 aliphatic rings. The molecule has 0 bridgehead atoms. The molecule has 9 heteroatoms. The van der Waals surface area contributed by atoms with Crippen LogP contribution in [0.3, 0.4) is 0 Å². The minimum absolute atomic E-state index is 0.275. The van der Waals surface area contributed by atoms with E-state index in [9.17, 15) is 13.2 Å². The Kier molecular flexibility index (Phi) is 4.15. The summed E-state index contributed by atoms with van der Waals surface area (Å²) in [6.07, 6.45) is 4.75. The van der Waals surface area contributed by atoms with Crippen LogP contribution in [0.5, 0.6) is 0 Å². The maximum Gasteiger partial charge on any atom is 0.255 e. The number of benzene rings is 2. The molecular weight excluding hydrogens is 366 g/mol. The molecule has 0 atom stereocenters. The molecule has 1 aliphatic heterocycles. The van der Waals surface area contributed by atoms with Crippen molar-refractivity contribution in [2.75, 3.05) is 22.4 Å². The third-order valence-electron chi connectivity index (χ3n) is 4.41. The summed E-state index contributed by atoms with van der Waals surface area (Å²) in [6, 6.07) is 12.3.